The van der Waals surface area contributed by atoms with E-state index in [9.17, 15) is 0 Å². The summed E-state index contributed by atoms with van der Waals surface area (Å²) in [5.41, 5.74) is 9.08. The van der Waals surface area contributed by atoms with Crippen LogP contribution in [0.5, 0.6) is 0 Å². The maximum atomic E-state index is 4.88. The number of rotatable bonds is 6. The fourth-order valence-electron chi connectivity index (χ4n) is 5.01. The van der Waals surface area contributed by atoms with Crippen molar-refractivity contribution >= 4 is 0 Å². The van der Waals surface area contributed by atoms with E-state index in [0.29, 0.717) is 28.9 Å². The Hall–Kier alpha value is -5.81. The predicted octanol–water partition coefficient (Wildman–Crippen LogP) is 8.66. The second-order valence-corrected chi connectivity index (χ2v) is 9.81. The molecule has 0 bridgehead atoms. The van der Waals surface area contributed by atoms with Crippen molar-refractivity contribution in [3.05, 3.63) is 152 Å². The van der Waals surface area contributed by atoms with Crippen molar-refractivity contribution < 1.29 is 0 Å². The number of nitrogens with zero attached hydrogens (tertiary/aromatic N) is 5. The lowest BCUT2D eigenvalue weighted by atomic mass is 9.91. The molecular weight excluding hydrogens is 514 g/mol. The second kappa shape index (κ2) is 11.4. The van der Waals surface area contributed by atoms with E-state index in [4.69, 9.17) is 15.0 Å². The van der Waals surface area contributed by atoms with Crippen LogP contribution in [-0.2, 0) is 0 Å². The van der Waals surface area contributed by atoms with Gasteiger partial charge in [0.15, 0.2) is 17.5 Å². The molecule has 0 spiro atoms. The van der Waals surface area contributed by atoms with Crippen LogP contribution in [0, 0.1) is 0 Å². The van der Waals surface area contributed by atoms with Gasteiger partial charge in [0.05, 0.1) is 0 Å². The molecule has 0 saturated heterocycles. The SMILES string of the molecule is c1ccc(-c2cccc(-c3ccc(-c4nc(-c5ccccn5)nc(-c5ccccn5)n4)cc3-c3ccccc3)c2)cc1. The van der Waals surface area contributed by atoms with Crippen molar-refractivity contribution in [3.8, 4) is 67.8 Å². The van der Waals surface area contributed by atoms with Crippen LogP contribution >= 0.6 is 0 Å². The number of pyridine rings is 2. The lowest BCUT2D eigenvalue weighted by Crippen LogP contribution is -2.02. The van der Waals surface area contributed by atoms with Gasteiger partial charge in [-0.2, -0.15) is 0 Å². The summed E-state index contributed by atoms with van der Waals surface area (Å²) in [4.78, 5) is 23.5. The molecule has 5 nitrogen and oxygen atoms in total. The van der Waals surface area contributed by atoms with Gasteiger partial charge in [-0.1, -0.05) is 103 Å². The molecule has 0 radical (unpaired) electrons. The molecule has 7 rings (SSSR count). The number of hydrogen-bond donors (Lipinski definition) is 0. The van der Waals surface area contributed by atoms with Crippen molar-refractivity contribution in [3.63, 3.8) is 0 Å². The molecular formula is C37H25N5. The van der Waals surface area contributed by atoms with Crippen molar-refractivity contribution in [2.24, 2.45) is 0 Å². The largest absolute Gasteiger partial charge is 0.253 e. The summed E-state index contributed by atoms with van der Waals surface area (Å²) in [6.07, 6.45) is 3.48. The average molecular weight is 540 g/mol. The normalized spacial score (nSPS) is 10.9. The highest BCUT2D eigenvalue weighted by atomic mass is 15.1. The van der Waals surface area contributed by atoms with E-state index in [1.165, 1.54) is 11.1 Å². The molecule has 3 heterocycles. The van der Waals surface area contributed by atoms with Gasteiger partial charge in [-0.15, -0.1) is 0 Å². The van der Waals surface area contributed by atoms with Crippen molar-refractivity contribution in [2.75, 3.05) is 0 Å². The average Bonchev–Trinajstić information content (AvgIpc) is 3.09. The summed E-state index contributed by atoms with van der Waals surface area (Å²) in [5, 5.41) is 0. The molecule has 7 aromatic rings. The zero-order valence-corrected chi connectivity index (χ0v) is 22.7. The fraction of sp³-hybridized carbons (Fsp3) is 0. The van der Waals surface area contributed by atoms with Crippen LogP contribution in [0.4, 0.5) is 0 Å². The lowest BCUT2D eigenvalue weighted by Gasteiger charge is -2.14. The van der Waals surface area contributed by atoms with E-state index < -0.39 is 0 Å². The minimum Gasteiger partial charge on any atom is -0.253 e. The summed E-state index contributed by atoms with van der Waals surface area (Å²) >= 11 is 0. The zero-order valence-electron chi connectivity index (χ0n) is 22.7. The Bertz CT molecular complexity index is 1900. The molecule has 0 fully saturated rings. The highest BCUT2D eigenvalue weighted by Gasteiger charge is 2.16. The standard InChI is InChI=1S/C37H25N5/c1-3-12-26(13-4-1)28-16-11-17-29(24-28)31-21-20-30(25-32(31)27-14-5-2-6-15-27)35-40-36(33-18-7-9-22-38-33)42-37(41-35)34-19-8-10-23-39-34/h1-25H. The van der Waals surface area contributed by atoms with Gasteiger partial charge in [-0.3, -0.25) is 9.97 Å². The third kappa shape index (κ3) is 5.19. The monoisotopic (exact) mass is 539 g/mol. The van der Waals surface area contributed by atoms with Crippen molar-refractivity contribution in [1.82, 2.24) is 24.9 Å². The second-order valence-electron chi connectivity index (χ2n) is 9.81. The predicted molar refractivity (Wildman–Crippen MR) is 168 cm³/mol. The quantitative estimate of drug-likeness (QED) is 0.212. The van der Waals surface area contributed by atoms with Crippen LogP contribution in [0.3, 0.4) is 0 Å². The highest BCUT2D eigenvalue weighted by Crippen LogP contribution is 2.37. The van der Waals surface area contributed by atoms with Crippen LogP contribution in [0.2, 0.25) is 0 Å². The minimum atomic E-state index is 0.502. The van der Waals surface area contributed by atoms with E-state index in [-0.39, 0.29) is 0 Å². The first-order valence-corrected chi connectivity index (χ1v) is 13.8. The Kier molecular flexibility index (Phi) is 6.81. The third-order valence-corrected chi connectivity index (χ3v) is 7.07. The van der Waals surface area contributed by atoms with E-state index >= 15 is 0 Å². The summed E-state index contributed by atoms with van der Waals surface area (Å²) in [7, 11) is 0. The molecule has 0 unspecified atom stereocenters. The topological polar surface area (TPSA) is 64.5 Å². The van der Waals surface area contributed by atoms with Gasteiger partial charge in [0, 0.05) is 18.0 Å². The van der Waals surface area contributed by atoms with Gasteiger partial charge in [0.2, 0.25) is 0 Å². The molecule has 4 aromatic carbocycles. The smallest absolute Gasteiger partial charge is 0.182 e. The Labute approximate surface area is 244 Å². The molecule has 3 aromatic heterocycles. The highest BCUT2D eigenvalue weighted by molar-refractivity contribution is 5.88. The first-order valence-electron chi connectivity index (χ1n) is 13.8. The van der Waals surface area contributed by atoms with Crippen LogP contribution in [-0.4, -0.2) is 24.9 Å². The maximum absolute atomic E-state index is 4.88. The molecule has 5 heteroatoms. The summed E-state index contributed by atoms with van der Waals surface area (Å²) < 4.78 is 0. The zero-order chi connectivity index (χ0) is 28.1. The van der Waals surface area contributed by atoms with Crippen molar-refractivity contribution in [1.29, 1.82) is 0 Å². The molecule has 0 atom stereocenters. The Balaban J connectivity index is 1.40. The van der Waals surface area contributed by atoms with Gasteiger partial charge in [0.25, 0.3) is 0 Å². The first-order chi connectivity index (χ1) is 20.8. The Morgan fingerprint density at radius 1 is 0.310 bits per heavy atom. The summed E-state index contributed by atoms with van der Waals surface area (Å²) in [5.74, 6) is 1.57. The van der Waals surface area contributed by atoms with Crippen LogP contribution in [0.1, 0.15) is 0 Å². The van der Waals surface area contributed by atoms with Crippen LogP contribution < -0.4 is 0 Å². The van der Waals surface area contributed by atoms with E-state index in [2.05, 4.69) is 101 Å². The number of benzene rings is 4. The lowest BCUT2D eigenvalue weighted by molar-refractivity contribution is 1.05. The Morgan fingerprint density at radius 2 is 0.857 bits per heavy atom. The van der Waals surface area contributed by atoms with Gasteiger partial charge < -0.3 is 0 Å². The Morgan fingerprint density at radius 3 is 1.48 bits per heavy atom. The molecule has 0 aliphatic rings. The molecule has 0 aliphatic heterocycles. The van der Waals surface area contributed by atoms with Crippen molar-refractivity contribution in [2.45, 2.75) is 0 Å². The minimum absolute atomic E-state index is 0.502. The molecule has 198 valence electrons. The van der Waals surface area contributed by atoms with Crippen LogP contribution in [0.15, 0.2) is 152 Å². The molecule has 0 aliphatic carbocycles. The summed E-state index contributed by atoms with van der Waals surface area (Å²) in [6, 6.07) is 47.4. The molecule has 42 heavy (non-hydrogen) atoms. The number of hydrogen-bond acceptors (Lipinski definition) is 5. The van der Waals surface area contributed by atoms with E-state index in [1.54, 1.807) is 12.4 Å². The molecule has 0 N–H and O–H groups in total. The maximum Gasteiger partial charge on any atom is 0.182 e. The van der Waals surface area contributed by atoms with Gasteiger partial charge in [-0.05, 0) is 69.8 Å². The van der Waals surface area contributed by atoms with E-state index in [1.807, 2.05) is 48.5 Å². The van der Waals surface area contributed by atoms with E-state index in [0.717, 1.165) is 27.8 Å². The summed E-state index contributed by atoms with van der Waals surface area (Å²) in [6.45, 7) is 0. The fourth-order valence-corrected chi connectivity index (χ4v) is 5.01. The van der Waals surface area contributed by atoms with Gasteiger partial charge >= 0.3 is 0 Å². The molecule has 0 saturated carbocycles. The van der Waals surface area contributed by atoms with Gasteiger partial charge in [-0.25, -0.2) is 15.0 Å². The van der Waals surface area contributed by atoms with Crippen LogP contribution in [0.25, 0.3) is 67.8 Å². The third-order valence-electron chi connectivity index (χ3n) is 7.07. The first kappa shape index (κ1) is 25.2. The number of aromatic nitrogens is 5. The van der Waals surface area contributed by atoms with Gasteiger partial charge in [0.1, 0.15) is 11.4 Å². The molecule has 0 amide bonds.